The van der Waals surface area contributed by atoms with Gasteiger partial charge >= 0.3 is 5.97 Å². The summed E-state index contributed by atoms with van der Waals surface area (Å²) in [6.45, 7) is 0. The second kappa shape index (κ2) is 4.97. The average Bonchev–Trinajstić information content (AvgIpc) is 2.16. The van der Waals surface area contributed by atoms with Crippen LogP contribution in [0.25, 0.3) is 0 Å². The number of carbonyl (C=O) groups is 1. The molecule has 0 radical (unpaired) electrons. The summed E-state index contributed by atoms with van der Waals surface area (Å²) < 4.78 is 0. The van der Waals surface area contributed by atoms with Crippen molar-refractivity contribution in [1.29, 1.82) is 0 Å². The number of rotatable bonds is 4. The zero-order chi connectivity index (χ0) is 10.6. The number of nitrogens with two attached hydrogens (primary N) is 1. The number of benzene rings is 1. The number of carboxylic acid groups (broad SMARTS) is 1. The highest BCUT2D eigenvalue weighted by atomic mass is 79.9. The van der Waals surface area contributed by atoms with Gasteiger partial charge in [0.25, 0.3) is 0 Å². The number of nitrogens with one attached hydrogen (secondary N) is 1. The molecule has 1 rings (SSSR count). The summed E-state index contributed by atoms with van der Waals surface area (Å²) in [6, 6.07) is 5.44. The summed E-state index contributed by atoms with van der Waals surface area (Å²) in [5.41, 5.74) is 4.86. The molecule has 0 amide bonds. The minimum absolute atomic E-state index is 0.0274. The third-order valence-electron chi connectivity index (χ3n) is 1.87. The number of nitrogen functional groups attached to an aromatic ring is 1. The van der Waals surface area contributed by atoms with E-state index in [-0.39, 0.29) is 6.42 Å². The minimum atomic E-state index is -0.867. The van der Waals surface area contributed by atoms with Crippen LogP contribution in [0.15, 0.2) is 18.2 Å². The number of alkyl halides is 1. The Hall–Kier alpha value is -1.07. The van der Waals surface area contributed by atoms with Crippen molar-refractivity contribution in [2.24, 2.45) is 5.84 Å². The summed E-state index contributed by atoms with van der Waals surface area (Å²) in [5, 5.41) is 9.31. The van der Waals surface area contributed by atoms with Gasteiger partial charge < -0.3 is 10.5 Å². The molecule has 5 heteroatoms. The zero-order valence-corrected chi connectivity index (χ0v) is 9.04. The van der Waals surface area contributed by atoms with Gasteiger partial charge in [0, 0.05) is 5.33 Å². The van der Waals surface area contributed by atoms with Crippen LogP contribution in [0.4, 0.5) is 5.69 Å². The Labute approximate surface area is 90.2 Å². The summed E-state index contributed by atoms with van der Waals surface area (Å²) in [6.07, 6.45) is -0.0274. The first-order chi connectivity index (χ1) is 6.69. The normalized spacial score (nSPS) is 9.86. The van der Waals surface area contributed by atoms with E-state index >= 15 is 0 Å². The molecular formula is C9H11BrN2O2. The summed E-state index contributed by atoms with van der Waals surface area (Å²) >= 11 is 3.31. The van der Waals surface area contributed by atoms with E-state index in [1.54, 1.807) is 6.07 Å². The highest BCUT2D eigenvalue weighted by Gasteiger charge is 2.08. The van der Waals surface area contributed by atoms with Crippen LogP contribution in [0.2, 0.25) is 0 Å². The standard InChI is InChI=1S/C9H11BrN2O2/c10-5-7-3-1-2-6(4-8(13)14)9(7)12-11/h1-3,12H,4-5,11H2,(H,13,14). The molecule has 0 heterocycles. The molecule has 0 bridgehead atoms. The maximum Gasteiger partial charge on any atom is 0.307 e. The Morgan fingerprint density at radius 3 is 2.64 bits per heavy atom. The molecule has 0 atom stereocenters. The molecule has 4 nitrogen and oxygen atoms in total. The van der Waals surface area contributed by atoms with E-state index in [1.807, 2.05) is 12.1 Å². The molecule has 1 aromatic rings. The Morgan fingerprint density at radius 1 is 1.50 bits per heavy atom. The van der Waals surface area contributed by atoms with Gasteiger partial charge in [0.05, 0.1) is 12.1 Å². The van der Waals surface area contributed by atoms with Crippen molar-refractivity contribution in [2.45, 2.75) is 11.8 Å². The highest BCUT2D eigenvalue weighted by molar-refractivity contribution is 9.08. The van der Waals surface area contributed by atoms with Crippen LogP contribution < -0.4 is 11.3 Å². The van der Waals surface area contributed by atoms with E-state index in [9.17, 15) is 4.79 Å². The molecule has 0 fully saturated rings. The van der Waals surface area contributed by atoms with Crippen molar-refractivity contribution < 1.29 is 9.90 Å². The van der Waals surface area contributed by atoms with Crippen LogP contribution in [-0.4, -0.2) is 11.1 Å². The summed E-state index contributed by atoms with van der Waals surface area (Å²) in [7, 11) is 0. The van der Waals surface area contributed by atoms with Gasteiger partial charge in [-0.15, -0.1) is 0 Å². The molecule has 0 saturated carbocycles. The predicted molar refractivity (Wildman–Crippen MR) is 58.2 cm³/mol. The summed E-state index contributed by atoms with van der Waals surface area (Å²) in [4.78, 5) is 10.6. The van der Waals surface area contributed by atoms with Gasteiger partial charge in [-0.05, 0) is 11.1 Å². The Balaban J connectivity index is 3.08. The van der Waals surface area contributed by atoms with Gasteiger partial charge in [-0.1, -0.05) is 34.1 Å². The predicted octanol–water partition coefficient (Wildman–Crippen LogP) is 1.49. The number of hydrogen-bond donors (Lipinski definition) is 3. The maximum atomic E-state index is 10.6. The topological polar surface area (TPSA) is 75.3 Å². The SMILES string of the molecule is NNc1c(CBr)cccc1CC(=O)O. The second-order valence-corrected chi connectivity index (χ2v) is 3.36. The fourth-order valence-corrected chi connectivity index (χ4v) is 1.73. The number of carboxylic acids is 1. The Morgan fingerprint density at radius 2 is 2.14 bits per heavy atom. The number of para-hydroxylation sites is 1. The van der Waals surface area contributed by atoms with Crippen molar-refractivity contribution in [2.75, 3.05) is 5.43 Å². The van der Waals surface area contributed by atoms with Crippen molar-refractivity contribution in [3.63, 3.8) is 0 Å². The fraction of sp³-hybridized carbons (Fsp3) is 0.222. The van der Waals surface area contributed by atoms with E-state index in [4.69, 9.17) is 10.9 Å². The van der Waals surface area contributed by atoms with Crippen molar-refractivity contribution in [3.8, 4) is 0 Å². The van der Waals surface area contributed by atoms with E-state index in [0.29, 0.717) is 16.6 Å². The third kappa shape index (κ3) is 2.46. The molecule has 0 aromatic heterocycles. The number of hydrazine groups is 1. The van der Waals surface area contributed by atoms with Crippen molar-refractivity contribution in [3.05, 3.63) is 29.3 Å². The molecule has 14 heavy (non-hydrogen) atoms. The van der Waals surface area contributed by atoms with Gasteiger partial charge in [-0.2, -0.15) is 0 Å². The van der Waals surface area contributed by atoms with E-state index in [1.165, 1.54) is 0 Å². The fourth-order valence-electron chi connectivity index (χ4n) is 1.26. The molecule has 76 valence electrons. The second-order valence-electron chi connectivity index (χ2n) is 2.80. The van der Waals surface area contributed by atoms with Crippen molar-refractivity contribution in [1.82, 2.24) is 0 Å². The van der Waals surface area contributed by atoms with Crippen LogP contribution >= 0.6 is 15.9 Å². The zero-order valence-electron chi connectivity index (χ0n) is 7.46. The van der Waals surface area contributed by atoms with Crippen LogP contribution in [0.1, 0.15) is 11.1 Å². The molecule has 0 aliphatic carbocycles. The largest absolute Gasteiger partial charge is 0.481 e. The maximum absolute atomic E-state index is 10.6. The van der Waals surface area contributed by atoms with Gasteiger partial charge in [-0.3, -0.25) is 10.6 Å². The smallest absolute Gasteiger partial charge is 0.307 e. The van der Waals surface area contributed by atoms with Crippen LogP contribution in [0.5, 0.6) is 0 Å². The molecule has 1 aromatic carbocycles. The van der Waals surface area contributed by atoms with Gasteiger partial charge in [0.15, 0.2) is 0 Å². The lowest BCUT2D eigenvalue weighted by Crippen LogP contribution is -2.13. The lowest BCUT2D eigenvalue weighted by molar-refractivity contribution is -0.136. The van der Waals surface area contributed by atoms with E-state index in [0.717, 1.165) is 5.56 Å². The van der Waals surface area contributed by atoms with E-state index < -0.39 is 5.97 Å². The van der Waals surface area contributed by atoms with Gasteiger partial charge in [0.2, 0.25) is 0 Å². The monoisotopic (exact) mass is 258 g/mol. The molecule has 0 aliphatic heterocycles. The summed E-state index contributed by atoms with van der Waals surface area (Å²) in [5.74, 6) is 4.47. The Kier molecular flexibility index (Phi) is 3.91. The quantitative estimate of drug-likeness (QED) is 0.435. The molecule has 0 unspecified atom stereocenters. The van der Waals surface area contributed by atoms with Crippen molar-refractivity contribution >= 4 is 27.6 Å². The first-order valence-electron chi connectivity index (χ1n) is 4.04. The molecule has 4 N–H and O–H groups in total. The molecule has 0 aliphatic rings. The van der Waals surface area contributed by atoms with Gasteiger partial charge in [-0.25, -0.2) is 0 Å². The highest BCUT2D eigenvalue weighted by Crippen LogP contribution is 2.22. The number of anilines is 1. The first kappa shape index (κ1) is 11.0. The van der Waals surface area contributed by atoms with E-state index in [2.05, 4.69) is 21.4 Å². The third-order valence-corrected chi connectivity index (χ3v) is 2.47. The lowest BCUT2D eigenvalue weighted by atomic mass is 10.1. The molecular weight excluding hydrogens is 248 g/mol. The van der Waals surface area contributed by atoms with Crippen LogP contribution in [-0.2, 0) is 16.5 Å². The van der Waals surface area contributed by atoms with Crippen LogP contribution in [0.3, 0.4) is 0 Å². The first-order valence-corrected chi connectivity index (χ1v) is 5.16. The Bertz CT molecular complexity index is 342. The molecule has 0 saturated heterocycles. The number of hydrogen-bond acceptors (Lipinski definition) is 3. The van der Waals surface area contributed by atoms with Gasteiger partial charge in [0.1, 0.15) is 0 Å². The number of halogens is 1. The van der Waals surface area contributed by atoms with Crippen LogP contribution in [0, 0.1) is 0 Å². The minimum Gasteiger partial charge on any atom is -0.481 e. The lowest BCUT2D eigenvalue weighted by Gasteiger charge is -2.10. The number of aliphatic carboxylic acids is 1. The molecule has 0 spiro atoms. The average molecular weight is 259 g/mol.